The molecule has 0 saturated carbocycles. The van der Waals surface area contributed by atoms with E-state index in [-0.39, 0.29) is 16.1 Å². The highest BCUT2D eigenvalue weighted by Crippen LogP contribution is 2.30. The maximum Gasteiger partial charge on any atom is 0.349 e. The molecule has 0 aliphatic rings. The molecule has 0 atom stereocenters. The largest absolute Gasteiger partial charge is 0.479 e. The first kappa shape index (κ1) is 25.3. The number of carbonyl (C=O) groups excluding carboxylic acids is 3. The Labute approximate surface area is 221 Å². The maximum atomic E-state index is 14.6. The summed E-state index contributed by atoms with van der Waals surface area (Å²) in [6.45, 7) is -0.715. The van der Waals surface area contributed by atoms with E-state index in [1.807, 2.05) is 0 Å². The van der Waals surface area contributed by atoms with Crippen molar-refractivity contribution in [2.45, 2.75) is 0 Å². The number of hydrazine groups is 1. The average molecular weight is 621 g/mol. The van der Waals surface area contributed by atoms with E-state index in [0.717, 1.165) is 9.64 Å². The van der Waals surface area contributed by atoms with Gasteiger partial charge in [0, 0.05) is 20.1 Å². The van der Waals surface area contributed by atoms with Crippen LogP contribution in [0.4, 0.5) is 4.39 Å². The van der Waals surface area contributed by atoms with Gasteiger partial charge in [0.1, 0.15) is 11.1 Å². The number of halogens is 3. The van der Waals surface area contributed by atoms with Crippen LogP contribution in [0.3, 0.4) is 0 Å². The molecule has 0 saturated heterocycles. The summed E-state index contributed by atoms with van der Waals surface area (Å²) in [5, 5.41) is 0.306. The summed E-state index contributed by atoms with van der Waals surface area (Å²) in [7, 11) is 0. The first-order valence-electron chi connectivity index (χ1n) is 10.3. The van der Waals surface area contributed by atoms with Crippen LogP contribution in [-0.4, -0.2) is 24.2 Å². The Morgan fingerprint density at radius 1 is 0.972 bits per heavy atom. The number of rotatable bonds is 6. The van der Waals surface area contributed by atoms with Crippen molar-refractivity contribution >= 4 is 62.8 Å². The molecule has 2 N–H and O–H groups in total. The highest BCUT2D eigenvalue weighted by atomic mass is 127. The number of fused-ring (bicyclic) bond motifs is 1. The average Bonchev–Trinajstić information content (AvgIpc) is 2.86. The minimum atomic E-state index is -0.943. The van der Waals surface area contributed by atoms with Gasteiger partial charge in [-0.2, -0.15) is 0 Å². The van der Waals surface area contributed by atoms with Crippen molar-refractivity contribution in [1.29, 1.82) is 0 Å². The van der Waals surface area contributed by atoms with Crippen molar-refractivity contribution in [1.82, 2.24) is 10.9 Å². The number of benzene rings is 3. The number of hydrogen-bond donors (Lipinski definition) is 2. The summed E-state index contributed by atoms with van der Waals surface area (Å²) in [4.78, 5) is 49.0. The maximum absolute atomic E-state index is 14.6. The standard InChI is InChI=1S/C25H15ClFIN2O6/c26-18-10-15(22(32)13-5-7-16(28)8-6-13)11-19(27)23(18)35-12-21(31)29-30-24(33)17-9-14-3-1-2-4-20(14)36-25(17)34/h1-11H,12H2,(H,29,31)(H,30,33). The van der Waals surface area contributed by atoms with Crippen LogP contribution in [0.25, 0.3) is 11.0 Å². The second-order valence-electron chi connectivity index (χ2n) is 7.38. The molecule has 4 rings (SSSR count). The summed E-state index contributed by atoms with van der Waals surface area (Å²) in [6, 6.07) is 16.8. The predicted molar refractivity (Wildman–Crippen MR) is 138 cm³/mol. The van der Waals surface area contributed by atoms with Crippen LogP contribution in [0, 0.1) is 9.39 Å². The molecule has 0 spiro atoms. The van der Waals surface area contributed by atoms with Crippen LogP contribution in [0.15, 0.2) is 75.9 Å². The Morgan fingerprint density at radius 2 is 1.69 bits per heavy atom. The molecule has 3 aromatic carbocycles. The minimum Gasteiger partial charge on any atom is -0.479 e. The number of ether oxygens (including phenoxy) is 1. The van der Waals surface area contributed by atoms with Crippen molar-refractivity contribution in [3.8, 4) is 5.75 Å². The number of nitrogens with one attached hydrogen (secondary N) is 2. The molecule has 0 unspecified atom stereocenters. The molecule has 8 nitrogen and oxygen atoms in total. The zero-order chi connectivity index (χ0) is 25.8. The second kappa shape index (κ2) is 10.9. The second-order valence-corrected chi connectivity index (χ2v) is 9.03. The Balaban J connectivity index is 1.37. The van der Waals surface area contributed by atoms with Gasteiger partial charge in [0.2, 0.25) is 0 Å². The van der Waals surface area contributed by atoms with Crippen LogP contribution in [0.2, 0.25) is 5.02 Å². The molecule has 0 bridgehead atoms. The van der Waals surface area contributed by atoms with Crippen LogP contribution in [0.5, 0.6) is 5.75 Å². The van der Waals surface area contributed by atoms with Gasteiger partial charge in [0.25, 0.3) is 11.8 Å². The van der Waals surface area contributed by atoms with Gasteiger partial charge in [-0.15, -0.1) is 0 Å². The number of hydrogen-bond acceptors (Lipinski definition) is 6. The predicted octanol–water partition coefficient (Wildman–Crippen LogP) is 4.26. The lowest BCUT2D eigenvalue weighted by Gasteiger charge is -2.11. The number of para-hydroxylation sites is 1. The zero-order valence-corrected chi connectivity index (χ0v) is 21.1. The Hall–Kier alpha value is -3.77. The van der Waals surface area contributed by atoms with E-state index in [4.69, 9.17) is 20.8 Å². The van der Waals surface area contributed by atoms with E-state index >= 15 is 0 Å². The summed E-state index contributed by atoms with van der Waals surface area (Å²) < 4.78 is 25.8. The molecule has 0 aliphatic carbocycles. The first-order chi connectivity index (χ1) is 17.2. The molecule has 1 heterocycles. The zero-order valence-electron chi connectivity index (χ0n) is 18.1. The summed E-state index contributed by atoms with van der Waals surface area (Å²) in [5.74, 6) is -3.58. The smallest absolute Gasteiger partial charge is 0.349 e. The van der Waals surface area contributed by atoms with Gasteiger partial charge in [0.15, 0.2) is 24.0 Å². The third kappa shape index (κ3) is 5.71. The monoisotopic (exact) mass is 620 g/mol. The molecule has 2 amide bonds. The fourth-order valence-electron chi connectivity index (χ4n) is 3.18. The van der Waals surface area contributed by atoms with E-state index in [1.54, 1.807) is 48.5 Å². The molecule has 182 valence electrons. The lowest BCUT2D eigenvalue weighted by Crippen LogP contribution is -2.45. The molecule has 4 aromatic rings. The third-order valence-electron chi connectivity index (χ3n) is 4.92. The van der Waals surface area contributed by atoms with Crippen LogP contribution < -0.4 is 21.2 Å². The SMILES string of the molecule is O=C(COc1c(F)cc(C(=O)c2ccc(I)cc2)cc1Cl)NNC(=O)c1cc2ccccc2oc1=O. The number of carbonyl (C=O) groups is 3. The Morgan fingerprint density at radius 3 is 2.42 bits per heavy atom. The fraction of sp³-hybridized carbons (Fsp3) is 0.0400. The van der Waals surface area contributed by atoms with Crippen LogP contribution >= 0.6 is 34.2 Å². The van der Waals surface area contributed by atoms with Gasteiger partial charge < -0.3 is 9.15 Å². The van der Waals surface area contributed by atoms with Crippen LogP contribution in [0.1, 0.15) is 26.3 Å². The number of ketones is 1. The van der Waals surface area contributed by atoms with Gasteiger partial charge in [-0.05, 0) is 71.1 Å². The highest BCUT2D eigenvalue weighted by molar-refractivity contribution is 14.1. The lowest BCUT2D eigenvalue weighted by atomic mass is 10.0. The first-order valence-corrected chi connectivity index (χ1v) is 11.7. The Bertz CT molecular complexity index is 1530. The summed E-state index contributed by atoms with van der Waals surface area (Å²) in [5.41, 5.74) is 3.59. The fourth-order valence-corrected chi connectivity index (χ4v) is 3.81. The van der Waals surface area contributed by atoms with Crippen molar-refractivity contribution in [2.24, 2.45) is 0 Å². The third-order valence-corrected chi connectivity index (χ3v) is 5.92. The summed E-state index contributed by atoms with van der Waals surface area (Å²) >= 11 is 8.18. The molecule has 11 heteroatoms. The molecule has 0 radical (unpaired) electrons. The molecule has 36 heavy (non-hydrogen) atoms. The lowest BCUT2D eigenvalue weighted by molar-refractivity contribution is -0.123. The van der Waals surface area contributed by atoms with Gasteiger partial charge in [-0.25, -0.2) is 9.18 Å². The summed E-state index contributed by atoms with van der Waals surface area (Å²) in [6.07, 6.45) is 0. The van der Waals surface area contributed by atoms with E-state index in [1.165, 1.54) is 12.1 Å². The molecule has 0 fully saturated rings. The van der Waals surface area contributed by atoms with Gasteiger partial charge in [-0.1, -0.05) is 29.8 Å². The van der Waals surface area contributed by atoms with Crippen LogP contribution in [-0.2, 0) is 4.79 Å². The topological polar surface area (TPSA) is 115 Å². The van der Waals surface area contributed by atoms with E-state index in [0.29, 0.717) is 16.5 Å². The van der Waals surface area contributed by atoms with Crippen molar-refractivity contribution in [2.75, 3.05) is 6.61 Å². The van der Waals surface area contributed by atoms with Crippen molar-refractivity contribution in [3.63, 3.8) is 0 Å². The van der Waals surface area contributed by atoms with E-state index in [2.05, 4.69) is 33.4 Å². The Kier molecular flexibility index (Phi) is 7.65. The van der Waals surface area contributed by atoms with E-state index < -0.39 is 41.4 Å². The quantitative estimate of drug-likeness (QED) is 0.144. The minimum absolute atomic E-state index is 0.0111. The molecular formula is C25H15ClFIN2O6. The van der Waals surface area contributed by atoms with Gasteiger partial charge in [0.05, 0.1) is 5.02 Å². The molecular weight excluding hydrogens is 606 g/mol. The van der Waals surface area contributed by atoms with Crippen molar-refractivity contribution < 1.29 is 27.9 Å². The van der Waals surface area contributed by atoms with E-state index in [9.17, 15) is 23.6 Å². The normalized spacial score (nSPS) is 10.6. The number of amides is 2. The van der Waals surface area contributed by atoms with Crippen molar-refractivity contribution in [3.05, 3.63) is 108 Å². The van der Waals surface area contributed by atoms with Gasteiger partial charge >= 0.3 is 5.63 Å². The highest BCUT2D eigenvalue weighted by Gasteiger charge is 2.19. The molecule has 0 aliphatic heterocycles. The van der Waals surface area contributed by atoms with Gasteiger partial charge in [-0.3, -0.25) is 25.2 Å². The molecule has 1 aromatic heterocycles.